The van der Waals surface area contributed by atoms with E-state index in [0.29, 0.717) is 11.1 Å². The van der Waals surface area contributed by atoms with Gasteiger partial charge in [0.2, 0.25) is 5.91 Å². The van der Waals surface area contributed by atoms with Crippen molar-refractivity contribution in [3.63, 3.8) is 0 Å². The molecule has 0 radical (unpaired) electrons. The molecule has 0 saturated carbocycles. The maximum absolute atomic E-state index is 13.8. The predicted octanol–water partition coefficient (Wildman–Crippen LogP) is 2.00. The standard InChI is InChI=1S/C26H23N3O7S/c1-4-36-26(33)24-22-15(9-13-5-7-17(30)19(10-13)34-2)21(28)16(12-27)29(22)25(32)23(37-24)14-6-8-18(31)20(11-14)35-3/h5-11,23,30-31H,4,28H2,1-3H3/b15-9+/t23-/m0/s1. The highest BCUT2D eigenvalue weighted by Gasteiger charge is 2.37. The average molecular weight is 522 g/mol. The van der Waals surface area contributed by atoms with Crippen molar-refractivity contribution in [2.24, 2.45) is 0 Å². The van der Waals surface area contributed by atoms with Gasteiger partial charge in [-0.2, -0.15) is 5.26 Å². The number of hydrogen-bond acceptors (Lipinski definition) is 10. The van der Waals surface area contributed by atoms with E-state index in [4.69, 9.17) is 19.9 Å². The minimum Gasteiger partial charge on any atom is -0.504 e. The lowest BCUT2D eigenvalue weighted by Gasteiger charge is -2.23. The molecule has 0 aliphatic carbocycles. The molecule has 4 N–H and O–H groups in total. The Morgan fingerprint density at radius 3 is 2.43 bits per heavy atom. The monoisotopic (exact) mass is 521 g/mol. The molecule has 0 saturated heterocycles. The summed E-state index contributed by atoms with van der Waals surface area (Å²) in [7, 11) is 2.78. The first-order valence-corrected chi connectivity index (χ1v) is 11.9. The summed E-state index contributed by atoms with van der Waals surface area (Å²) in [6, 6.07) is 11.0. The number of aromatic hydroxyl groups is 2. The highest BCUT2D eigenvalue weighted by Crippen LogP contribution is 2.42. The lowest BCUT2D eigenvalue weighted by molar-refractivity contribution is -0.135. The molecule has 11 heteroatoms. The number of nitrogens with zero attached hydrogens (tertiary/aromatic N) is 2. The third-order valence-electron chi connectivity index (χ3n) is 5.73. The first-order chi connectivity index (χ1) is 17.7. The molecule has 190 valence electrons. The second kappa shape index (κ2) is 10.2. The van der Waals surface area contributed by atoms with Crippen molar-refractivity contribution >= 4 is 40.3 Å². The number of hydrogen-bond donors (Lipinski definition) is 3. The number of nitriles is 1. The van der Waals surface area contributed by atoms with Crippen LogP contribution in [0.2, 0.25) is 0 Å². The fourth-order valence-corrected chi connectivity index (χ4v) is 5.20. The molecule has 3 aromatic rings. The van der Waals surface area contributed by atoms with E-state index in [1.165, 1.54) is 38.5 Å². The number of methoxy groups -OCH3 is 2. The number of rotatable bonds is 6. The van der Waals surface area contributed by atoms with Gasteiger partial charge in [-0.25, -0.2) is 4.79 Å². The van der Waals surface area contributed by atoms with Crippen LogP contribution in [0.4, 0.5) is 5.69 Å². The topological polar surface area (TPSA) is 157 Å². The molecule has 0 bridgehead atoms. The Morgan fingerprint density at radius 2 is 1.81 bits per heavy atom. The molecular weight excluding hydrogens is 498 g/mol. The smallest absolute Gasteiger partial charge is 0.346 e. The number of benzene rings is 2. The van der Waals surface area contributed by atoms with Crippen LogP contribution in [0.3, 0.4) is 0 Å². The van der Waals surface area contributed by atoms with Crippen LogP contribution in [0.5, 0.6) is 23.0 Å². The van der Waals surface area contributed by atoms with Crippen LogP contribution < -0.4 is 25.8 Å². The van der Waals surface area contributed by atoms with Gasteiger partial charge in [-0.3, -0.25) is 9.36 Å². The lowest BCUT2D eigenvalue weighted by atomic mass is 10.1. The molecule has 2 heterocycles. The van der Waals surface area contributed by atoms with Gasteiger partial charge in [0.25, 0.3) is 0 Å². The second-order valence-corrected chi connectivity index (χ2v) is 8.98. The second-order valence-electron chi connectivity index (χ2n) is 7.86. The van der Waals surface area contributed by atoms with E-state index in [-0.39, 0.29) is 56.5 Å². The molecule has 0 fully saturated rings. The highest BCUT2D eigenvalue weighted by molar-refractivity contribution is 8.10. The summed E-state index contributed by atoms with van der Waals surface area (Å²) in [6.07, 6.45) is 1.60. The molecule has 10 nitrogen and oxygen atoms in total. The summed E-state index contributed by atoms with van der Waals surface area (Å²) >= 11 is 0.961. The third-order valence-corrected chi connectivity index (χ3v) is 7.04. The zero-order chi connectivity index (χ0) is 26.9. The Morgan fingerprint density at radius 1 is 1.16 bits per heavy atom. The van der Waals surface area contributed by atoms with Gasteiger partial charge < -0.3 is 30.2 Å². The van der Waals surface area contributed by atoms with Crippen molar-refractivity contribution in [3.05, 3.63) is 63.8 Å². The number of thioether (sulfide) groups is 1. The molecule has 4 rings (SSSR count). The van der Waals surface area contributed by atoms with E-state index < -0.39 is 17.1 Å². The van der Waals surface area contributed by atoms with Crippen LogP contribution >= 0.6 is 11.8 Å². The van der Waals surface area contributed by atoms with Gasteiger partial charge in [0.05, 0.1) is 31.9 Å². The first-order valence-electron chi connectivity index (χ1n) is 11.0. The average Bonchev–Trinajstić information content (AvgIpc) is 3.17. The summed E-state index contributed by atoms with van der Waals surface area (Å²) in [5.74, 6) is -1.01. The number of aromatic nitrogens is 1. The zero-order valence-corrected chi connectivity index (χ0v) is 21.0. The van der Waals surface area contributed by atoms with E-state index in [1.54, 1.807) is 25.1 Å². The summed E-state index contributed by atoms with van der Waals surface area (Å²) in [5, 5.41) is 29.3. The number of nitrogen functional groups attached to an aromatic ring is 1. The molecule has 2 aromatic carbocycles. The highest BCUT2D eigenvalue weighted by atomic mass is 32.2. The van der Waals surface area contributed by atoms with Crippen molar-refractivity contribution in [1.29, 1.82) is 5.26 Å². The number of phenolic OH excluding ortho intramolecular Hbond substituents is 2. The van der Waals surface area contributed by atoms with Crippen molar-refractivity contribution in [3.8, 4) is 29.1 Å². The minimum absolute atomic E-state index is 0.00391. The van der Waals surface area contributed by atoms with Gasteiger partial charge in [0.15, 0.2) is 28.7 Å². The lowest BCUT2D eigenvalue weighted by Crippen LogP contribution is -2.42. The van der Waals surface area contributed by atoms with Crippen LogP contribution in [0.1, 0.15) is 33.8 Å². The van der Waals surface area contributed by atoms with Crippen LogP contribution in [0.25, 0.3) is 11.0 Å². The van der Waals surface area contributed by atoms with Crippen molar-refractivity contribution < 1.29 is 34.0 Å². The molecule has 1 atom stereocenters. The van der Waals surface area contributed by atoms with E-state index >= 15 is 0 Å². The van der Waals surface area contributed by atoms with E-state index in [0.717, 1.165) is 16.3 Å². The van der Waals surface area contributed by atoms with Gasteiger partial charge in [-0.05, 0) is 48.4 Å². The Hall–Kier alpha value is -4.56. The number of anilines is 1. The summed E-state index contributed by atoms with van der Waals surface area (Å²) in [4.78, 5) is 27.0. The number of carbonyl (C=O) groups excluding carboxylic acids is 2. The fraction of sp³-hybridized carbons (Fsp3) is 0.192. The van der Waals surface area contributed by atoms with Crippen LogP contribution in [0.15, 0.2) is 36.4 Å². The Balaban J connectivity index is 2.04. The van der Waals surface area contributed by atoms with Crippen LogP contribution in [-0.2, 0) is 9.53 Å². The number of esters is 1. The predicted molar refractivity (Wildman–Crippen MR) is 137 cm³/mol. The number of carbonyl (C=O) groups is 2. The van der Waals surface area contributed by atoms with Gasteiger partial charge >= 0.3 is 5.97 Å². The van der Waals surface area contributed by atoms with Crippen LogP contribution in [0, 0.1) is 11.3 Å². The molecule has 1 aliphatic rings. The van der Waals surface area contributed by atoms with Crippen molar-refractivity contribution in [2.45, 2.75) is 12.2 Å². The largest absolute Gasteiger partial charge is 0.504 e. The number of nitrogens with two attached hydrogens (primary N) is 1. The van der Waals surface area contributed by atoms with Gasteiger partial charge in [0.1, 0.15) is 16.2 Å². The Kier molecular flexibility index (Phi) is 7.04. The normalized spacial score (nSPS) is 15.2. The first kappa shape index (κ1) is 25.5. The molecular formula is C26H23N3O7S. The fourth-order valence-electron chi connectivity index (χ4n) is 4.01. The molecule has 0 spiro atoms. The maximum atomic E-state index is 13.8. The number of ether oxygens (including phenoxy) is 3. The zero-order valence-electron chi connectivity index (χ0n) is 20.1. The summed E-state index contributed by atoms with van der Waals surface area (Å²) < 4.78 is 16.8. The van der Waals surface area contributed by atoms with E-state index in [2.05, 4.69) is 0 Å². The van der Waals surface area contributed by atoms with Gasteiger partial charge in [-0.15, -0.1) is 0 Å². The third kappa shape index (κ3) is 4.43. The van der Waals surface area contributed by atoms with Crippen LogP contribution in [-0.4, -0.2) is 47.5 Å². The Bertz CT molecular complexity index is 1590. The molecule has 1 aromatic heterocycles. The number of fused-ring (bicyclic) bond motifs is 1. The quantitative estimate of drug-likeness (QED) is 0.410. The molecule has 0 amide bonds. The summed E-state index contributed by atoms with van der Waals surface area (Å²) in [6.45, 7) is 1.74. The molecule has 37 heavy (non-hydrogen) atoms. The SMILES string of the molecule is CCOC(=O)C1=c2/c(=C/c3ccc(O)c(OC)c3)c(N)c(C#N)n2C(=O)[C@H](c2ccc(O)c(OC)c2)S1. The summed E-state index contributed by atoms with van der Waals surface area (Å²) in [5.41, 5.74) is 7.22. The molecule has 1 aliphatic heterocycles. The minimum atomic E-state index is -0.957. The van der Waals surface area contributed by atoms with E-state index in [9.17, 15) is 25.1 Å². The van der Waals surface area contributed by atoms with Crippen molar-refractivity contribution in [2.75, 3.05) is 26.6 Å². The van der Waals surface area contributed by atoms with E-state index in [1.807, 2.05) is 6.07 Å². The maximum Gasteiger partial charge on any atom is 0.346 e. The Labute approximate surface area is 215 Å². The molecule has 0 unspecified atom stereocenters. The van der Waals surface area contributed by atoms with Gasteiger partial charge in [0, 0.05) is 5.22 Å². The van der Waals surface area contributed by atoms with Gasteiger partial charge in [-0.1, -0.05) is 23.9 Å². The van der Waals surface area contributed by atoms with Crippen molar-refractivity contribution in [1.82, 2.24) is 4.57 Å². The number of phenols is 2.